The molecule has 51 valence electrons. The molecular formula is C8H14N. The molecule has 0 spiro atoms. The third kappa shape index (κ3) is 0.787. The van der Waals surface area contributed by atoms with Crippen LogP contribution in [0, 0.1) is 11.8 Å². The quantitative estimate of drug-likeness (QED) is 0.463. The maximum atomic E-state index is 4.52. The summed E-state index contributed by atoms with van der Waals surface area (Å²) in [5.41, 5.74) is 0. The fourth-order valence-corrected chi connectivity index (χ4v) is 2.36. The van der Waals surface area contributed by atoms with E-state index >= 15 is 0 Å². The highest BCUT2D eigenvalue weighted by Crippen LogP contribution is 2.37. The lowest BCUT2D eigenvalue weighted by molar-refractivity contribution is 0.431. The van der Waals surface area contributed by atoms with Crippen LogP contribution in [0.15, 0.2) is 0 Å². The van der Waals surface area contributed by atoms with Crippen LogP contribution in [-0.2, 0) is 0 Å². The monoisotopic (exact) mass is 124 g/mol. The van der Waals surface area contributed by atoms with Crippen LogP contribution in [0.1, 0.15) is 26.2 Å². The molecule has 1 saturated heterocycles. The molecule has 0 N–H and O–H groups in total. The van der Waals surface area contributed by atoms with Gasteiger partial charge in [-0.25, -0.2) is 5.32 Å². The molecule has 1 heterocycles. The summed E-state index contributed by atoms with van der Waals surface area (Å²) in [4.78, 5) is 0. The number of hydrogen-bond acceptors (Lipinski definition) is 0. The van der Waals surface area contributed by atoms with Crippen molar-refractivity contribution in [2.24, 2.45) is 11.8 Å². The Morgan fingerprint density at radius 1 is 1.33 bits per heavy atom. The van der Waals surface area contributed by atoms with Gasteiger partial charge in [0.05, 0.1) is 0 Å². The van der Waals surface area contributed by atoms with Gasteiger partial charge in [-0.15, -0.1) is 0 Å². The number of hydrogen-bond donors (Lipinski definition) is 0. The molecule has 1 aliphatic heterocycles. The van der Waals surface area contributed by atoms with Crippen molar-refractivity contribution in [2.45, 2.75) is 32.2 Å². The van der Waals surface area contributed by atoms with Gasteiger partial charge in [0.25, 0.3) is 0 Å². The molecule has 1 radical (unpaired) electrons. The topological polar surface area (TPSA) is 14.1 Å². The van der Waals surface area contributed by atoms with Crippen LogP contribution in [0.4, 0.5) is 0 Å². The van der Waals surface area contributed by atoms with E-state index in [2.05, 4.69) is 12.2 Å². The van der Waals surface area contributed by atoms with E-state index in [0.717, 1.165) is 11.8 Å². The van der Waals surface area contributed by atoms with Crippen molar-refractivity contribution in [1.82, 2.24) is 5.32 Å². The molecule has 1 nitrogen and oxygen atoms in total. The minimum absolute atomic E-state index is 0.692. The van der Waals surface area contributed by atoms with Gasteiger partial charge in [-0.3, -0.25) is 0 Å². The zero-order valence-corrected chi connectivity index (χ0v) is 6.01. The van der Waals surface area contributed by atoms with E-state index in [0.29, 0.717) is 6.04 Å². The lowest BCUT2D eigenvalue weighted by Gasteiger charge is -2.10. The van der Waals surface area contributed by atoms with Gasteiger partial charge in [-0.1, -0.05) is 6.42 Å². The van der Waals surface area contributed by atoms with Gasteiger partial charge in [0.1, 0.15) is 0 Å². The van der Waals surface area contributed by atoms with Gasteiger partial charge in [0, 0.05) is 12.6 Å². The van der Waals surface area contributed by atoms with E-state index in [9.17, 15) is 0 Å². The summed E-state index contributed by atoms with van der Waals surface area (Å²) in [6.07, 6.45) is 4.38. The summed E-state index contributed by atoms with van der Waals surface area (Å²) in [6, 6.07) is 0.692. The van der Waals surface area contributed by atoms with Crippen molar-refractivity contribution < 1.29 is 0 Å². The zero-order valence-electron chi connectivity index (χ0n) is 6.01. The maximum Gasteiger partial charge on any atom is 0.0249 e. The summed E-state index contributed by atoms with van der Waals surface area (Å²) in [5, 5.41) is 4.52. The molecule has 1 aliphatic carbocycles. The molecule has 0 aromatic heterocycles. The normalized spacial score (nSPS) is 49.7. The molecule has 1 heteroatoms. The van der Waals surface area contributed by atoms with Crippen molar-refractivity contribution in [3.63, 3.8) is 0 Å². The third-order valence-corrected chi connectivity index (χ3v) is 2.97. The van der Waals surface area contributed by atoms with Crippen LogP contribution in [0.3, 0.4) is 0 Å². The Kier molecular flexibility index (Phi) is 1.26. The third-order valence-electron chi connectivity index (χ3n) is 2.97. The minimum Gasteiger partial charge on any atom is -0.238 e. The second kappa shape index (κ2) is 1.98. The van der Waals surface area contributed by atoms with E-state index in [4.69, 9.17) is 0 Å². The van der Waals surface area contributed by atoms with E-state index < -0.39 is 0 Å². The summed E-state index contributed by atoms with van der Waals surface area (Å²) in [6.45, 7) is 3.45. The average molecular weight is 124 g/mol. The van der Waals surface area contributed by atoms with Gasteiger partial charge < -0.3 is 0 Å². The van der Waals surface area contributed by atoms with E-state index in [-0.39, 0.29) is 0 Å². The molecule has 2 aliphatic rings. The van der Waals surface area contributed by atoms with Gasteiger partial charge in [-0.2, -0.15) is 0 Å². The molecule has 2 rings (SSSR count). The largest absolute Gasteiger partial charge is 0.238 e. The number of fused-ring (bicyclic) bond motifs is 1. The molecule has 1 saturated carbocycles. The van der Waals surface area contributed by atoms with Crippen molar-refractivity contribution in [3.05, 3.63) is 0 Å². The minimum atomic E-state index is 0.692. The highest BCUT2D eigenvalue weighted by atomic mass is 15.0. The molecule has 0 aromatic rings. The summed E-state index contributed by atoms with van der Waals surface area (Å²) >= 11 is 0. The summed E-state index contributed by atoms with van der Waals surface area (Å²) < 4.78 is 0. The summed E-state index contributed by atoms with van der Waals surface area (Å²) in [7, 11) is 0. The molecule has 0 aromatic carbocycles. The second-order valence-corrected chi connectivity index (χ2v) is 3.46. The predicted molar refractivity (Wildman–Crippen MR) is 37.3 cm³/mol. The Hall–Kier alpha value is -0.0400. The molecule has 2 fully saturated rings. The first-order chi connectivity index (χ1) is 4.38. The lowest BCUT2D eigenvalue weighted by atomic mass is 9.95. The highest BCUT2D eigenvalue weighted by Gasteiger charge is 2.36. The Bertz CT molecular complexity index is 111. The Morgan fingerprint density at radius 2 is 2.22 bits per heavy atom. The molecular weight excluding hydrogens is 110 g/mol. The maximum absolute atomic E-state index is 4.52. The molecule has 3 unspecified atom stereocenters. The van der Waals surface area contributed by atoms with E-state index in [1.54, 1.807) is 0 Å². The SMILES string of the molecule is CC1[N]CC2CCCC21. The van der Waals surface area contributed by atoms with Crippen LogP contribution >= 0.6 is 0 Å². The lowest BCUT2D eigenvalue weighted by Crippen LogP contribution is -2.16. The molecule has 0 bridgehead atoms. The van der Waals surface area contributed by atoms with Crippen LogP contribution in [0.2, 0.25) is 0 Å². The first kappa shape index (κ1) is 5.72. The van der Waals surface area contributed by atoms with Gasteiger partial charge in [0.2, 0.25) is 0 Å². The van der Waals surface area contributed by atoms with Crippen molar-refractivity contribution >= 4 is 0 Å². The zero-order chi connectivity index (χ0) is 6.27. The molecule has 0 amide bonds. The number of rotatable bonds is 0. The van der Waals surface area contributed by atoms with E-state index in [1.807, 2.05) is 0 Å². The van der Waals surface area contributed by atoms with E-state index in [1.165, 1.54) is 25.8 Å². The Balaban J connectivity index is 2.07. The molecule has 9 heavy (non-hydrogen) atoms. The van der Waals surface area contributed by atoms with Crippen molar-refractivity contribution in [3.8, 4) is 0 Å². The highest BCUT2D eigenvalue weighted by molar-refractivity contribution is 4.91. The van der Waals surface area contributed by atoms with Crippen LogP contribution in [0.5, 0.6) is 0 Å². The van der Waals surface area contributed by atoms with Crippen LogP contribution in [0.25, 0.3) is 0 Å². The standard InChI is InChI=1S/C8H14N/c1-6-8-4-2-3-7(8)5-9-6/h6-8H,2-5H2,1H3. The number of nitrogens with zero attached hydrogens (tertiary/aromatic N) is 1. The van der Waals surface area contributed by atoms with Crippen molar-refractivity contribution in [1.29, 1.82) is 0 Å². The summed E-state index contributed by atoms with van der Waals surface area (Å²) in [5.74, 6) is 1.96. The Morgan fingerprint density at radius 3 is 3.00 bits per heavy atom. The Labute approximate surface area is 56.8 Å². The van der Waals surface area contributed by atoms with Crippen molar-refractivity contribution in [2.75, 3.05) is 6.54 Å². The fourth-order valence-electron chi connectivity index (χ4n) is 2.36. The smallest absolute Gasteiger partial charge is 0.0249 e. The van der Waals surface area contributed by atoms with Gasteiger partial charge in [-0.05, 0) is 31.6 Å². The first-order valence-electron chi connectivity index (χ1n) is 4.04. The molecule has 3 atom stereocenters. The average Bonchev–Trinajstić information content (AvgIpc) is 2.35. The second-order valence-electron chi connectivity index (χ2n) is 3.46. The fraction of sp³-hybridized carbons (Fsp3) is 1.00. The van der Waals surface area contributed by atoms with Crippen LogP contribution in [-0.4, -0.2) is 12.6 Å². The predicted octanol–water partition coefficient (Wildman–Crippen LogP) is 1.41. The van der Waals surface area contributed by atoms with Gasteiger partial charge in [0.15, 0.2) is 0 Å². The van der Waals surface area contributed by atoms with Gasteiger partial charge >= 0.3 is 0 Å². The first-order valence-corrected chi connectivity index (χ1v) is 4.04. The van der Waals surface area contributed by atoms with Crippen LogP contribution < -0.4 is 5.32 Å².